The quantitative estimate of drug-likeness (QED) is 0.0421. The maximum absolute atomic E-state index is 12.5. The molecule has 0 aromatic carbocycles. The predicted molar refractivity (Wildman–Crippen MR) is 294 cm³/mol. The topological polar surface area (TPSA) is 69.6 Å². The van der Waals surface area contributed by atoms with Crippen LogP contribution in [0.5, 0.6) is 0 Å². The number of carbonyl (C=O) groups is 1. The summed E-state index contributed by atoms with van der Waals surface area (Å²) in [6.45, 7) is 4.24. The minimum Gasteiger partial charge on any atom is -0.394 e. The first-order valence-corrected chi connectivity index (χ1v) is 28.1. The van der Waals surface area contributed by atoms with Crippen LogP contribution in [0.2, 0.25) is 0 Å². The summed E-state index contributed by atoms with van der Waals surface area (Å²) in [4.78, 5) is 12.5. The van der Waals surface area contributed by atoms with Gasteiger partial charge >= 0.3 is 0 Å². The lowest BCUT2D eigenvalue weighted by Crippen LogP contribution is -2.45. The van der Waals surface area contributed by atoms with Crippen molar-refractivity contribution in [2.45, 2.75) is 270 Å². The van der Waals surface area contributed by atoms with Crippen molar-refractivity contribution >= 4 is 5.91 Å². The predicted octanol–water partition coefficient (Wildman–Crippen LogP) is 18.7. The second-order valence-corrected chi connectivity index (χ2v) is 18.6. The van der Waals surface area contributed by atoms with Gasteiger partial charge in [-0.1, -0.05) is 277 Å². The normalized spacial score (nSPS) is 13.7. The van der Waals surface area contributed by atoms with Gasteiger partial charge in [-0.2, -0.15) is 0 Å². The molecule has 0 radical (unpaired) electrons. The number of nitrogens with one attached hydrogen (secondary N) is 1. The number of rotatable bonds is 50. The summed E-state index contributed by atoms with van der Waals surface area (Å²) in [5.41, 5.74) is 0. The van der Waals surface area contributed by atoms with Gasteiger partial charge in [0.1, 0.15) is 0 Å². The number of carbonyl (C=O) groups excluding carboxylic acids is 1. The molecule has 0 saturated carbocycles. The van der Waals surface area contributed by atoms with Crippen LogP contribution in [-0.4, -0.2) is 34.9 Å². The van der Waals surface area contributed by atoms with Gasteiger partial charge in [0.05, 0.1) is 18.8 Å². The summed E-state index contributed by atoms with van der Waals surface area (Å²) < 4.78 is 0. The lowest BCUT2D eigenvalue weighted by atomic mass is 10.0. The first-order chi connectivity index (χ1) is 32.7. The van der Waals surface area contributed by atoms with E-state index in [1.54, 1.807) is 0 Å². The second-order valence-electron chi connectivity index (χ2n) is 18.6. The Labute approximate surface area is 410 Å². The van der Waals surface area contributed by atoms with Crippen LogP contribution in [0.1, 0.15) is 258 Å². The standard InChI is InChI=1S/C62H107NO3/c1-3-5-7-9-11-13-15-17-18-19-20-21-22-23-24-25-26-27-28-29-30-31-32-33-34-35-36-37-38-39-40-41-42-43-44-46-48-50-52-54-56-58-62(66)63-60(59-64)61(65)57-55-53-51-49-47-45-16-14-12-10-8-6-4-2/h5,7,11,13,17-18,20-21,23-24,26-27,29-30,32-33,35-36,60-61,64-65H,3-4,6,8-10,12,14-16,19,22,25,28,31,34,37-59H2,1-2H3,(H,63,66)/b7-5-,13-11-,18-17-,21-20-,24-23-,27-26-,30-29-,33-32-,36-35-. The molecule has 0 heterocycles. The maximum Gasteiger partial charge on any atom is 0.220 e. The van der Waals surface area contributed by atoms with Crippen molar-refractivity contribution < 1.29 is 15.0 Å². The zero-order valence-electron chi connectivity index (χ0n) is 43.4. The van der Waals surface area contributed by atoms with E-state index in [0.717, 1.165) is 83.5 Å². The SMILES string of the molecule is CC/C=C\C/C=C\C/C=C\C/C=C\C/C=C\C/C=C\C/C=C\C/C=C\C/C=C\CCCCCCCCCCCCCCCC(=O)NC(CO)C(O)CCCCCCCCCCCCCCC. The van der Waals surface area contributed by atoms with Gasteiger partial charge in [0, 0.05) is 6.42 Å². The first-order valence-electron chi connectivity index (χ1n) is 28.1. The second kappa shape index (κ2) is 56.4. The molecule has 0 aliphatic carbocycles. The molecule has 66 heavy (non-hydrogen) atoms. The number of hydrogen-bond donors (Lipinski definition) is 3. The van der Waals surface area contributed by atoms with Crippen molar-refractivity contribution in [1.82, 2.24) is 5.32 Å². The van der Waals surface area contributed by atoms with Crippen LogP contribution in [-0.2, 0) is 4.79 Å². The van der Waals surface area contributed by atoms with E-state index in [4.69, 9.17) is 0 Å². The van der Waals surface area contributed by atoms with E-state index < -0.39 is 12.1 Å². The molecule has 0 saturated heterocycles. The zero-order valence-corrected chi connectivity index (χ0v) is 43.4. The molecule has 0 fully saturated rings. The Balaban J connectivity index is 3.53. The summed E-state index contributed by atoms with van der Waals surface area (Å²) in [5.74, 6) is -0.0360. The van der Waals surface area contributed by atoms with Crippen molar-refractivity contribution in [3.63, 3.8) is 0 Å². The van der Waals surface area contributed by atoms with Gasteiger partial charge in [0.2, 0.25) is 5.91 Å². The van der Waals surface area contributed by atoms with Gasteiger partial charge in [-0.05, 0) is 83.5 Å². The fourth-order valence-corrected chi connectivity index (χ4v) is 8.06. The number of aliphatic hydroxyl groups is 2. The molecular formula is C62H107NO3. The first kappa shape index (κ1) is 63.0. The molecular weight excluding hydrogens is 807 g/mol. The maximum atomic E-state index is 12.5. The molecule has 0 aromatic heterocycles. The minimum absolute atomic E-state index is 0.0360. The molecule has 4 heteroatoms. The van der Waals surface area contributed by atoms with Crippen LogP contribution in [0.3, 0.4) is 0 Å². The van der Waals surface area contributed by atoms with E-state index in [0.29, 0.717) is 12.8 Å². The fourth-order valence-electron chi connectivity index (χ4n) is 8.06. The summed E-state index contributed by atoms with van der Waals surface area (Å²) in [6, 6.07) is -0.541. The van der Waals surface area contributed by atoms with Crippen LogP contribution >= 0.6 is 0 Å². The largest absolute Gasteiger partial charge is 0.394 e. The lowest BCUT2D eigenvalue weighted by molar-refractivity contribution is -0.123. The van der Waals surface area contributed by atoms with Crippen molar-refractivity contribution in [2.24, 2.45) is 0 Å². The molecule has 1 amide bonds. The van der Waals surface area contributed by atoms with E-state index in [1.807, 2.05) is 0 Å². The highest BCUT2D eigenvalue weighted by atomic mass is 16.3. The smallest absolute Gasteiger partial charge is 0.220 e. The summed E-state index contributed by atoms with van der Waals surface area (Å²) >= 11 is 0. The van der Waals surface area contributed by atoms with Gasteiger partial charge in [0.15, 0.2) is 0 Å². The van der Waals surface area contributed by atoms with Crippen LogP contribution in [0.15, 0.2) is 109 Å². The Hall–Kier alpha value is -2.95. The van der Waals surface area contributed by atoms with E-state index in [9.17, 15) is 15.0 Å². The van der Waals surface area contributed by atoms with E-state index in [2.05, 4.69) is 129 Å². The highest BCUT2D eigenvalue weighted by Crippen LogP contribution is 2.16. The highest BCUT2D eigenvalue weighted by Gasteiger charge is 2.20. The average molecular weight is 915 g/mol. The fraction of sp³-hybridized carbons (Fsp3) is 0.694. The van der Waals surface area contributed by atoms with Gasteiger partial charge < -0.3 is 15.5 Å². The third-order valence-corrected chi connectivity index (χ3v) is 12.3. The van der Waals surface area contributed by atoms with Crippen molar-refractivity contribution in [3.05, 3.63) is 109 Å². The highest BCUT2D eigenvalue weighted by molar-refractivity contribution is 5.76. The van der Waals surface area contributed by atoms with Crippen molar-refractivity contribution in [2.75, 3.05) is 6.61 Å². The molecule has 4 nitrogen and oxygen atoms in total. The van der Waals surface area contributed by atoms with Crippen LogP contribution in [0, 0.1) is 0 Å². The van der Waals surface area contributed by atoms with Gasteiger partial charge in [-0.25, -0.2) is 0 Å². The van der Waals surface area contributed by atoms with Crippen LogP contribution < -0.4 is 5.32 Å². The molecule has 3 N–H and O–H groups in total. The molecule has 0 rings (SSSR count). The molecule has 2 atom stereocenters. The Bertz CT molecular complexity index is 1270. The van der Waals surface area contributed by atoms with Gasteiger partial charge in [-0.3, -0.25) is 4.79 Å². The van der Waals surface area contributed by atoms with Gasteiger partial charge in [-0.15, -0.1) is 0 Å². The van der Waals surface area contributed by atoms with E-state index in [1.165, 1.54) is 148 Å². The Morgan fingerprint density at radius 2 is 0.667 bits per heavy atom. The molecule has 0 aliphatic rings. The average Bonchev–Trinajstić information content (AvgIpc) is 3.32. The Kier molecular flexibility index (Phi) is 53.9. The number of amides is 1. The molecule has 0 aliphatic heterocycles. The number of unbranched alkanes of at least 4 members (excludes halogenated alkanes) is 25. The Morgan fingerprint density at radius 1 is 0.379 bits per heavy atom. The van der Waals surface area contributed by atoms with E-state index in [-0.39, 0.29) is 12.5 Å². The molecule has 0 bridgehead atoms. The van der Waals surface area contributed by atoms with Crippen molar-refractivity contribution in [1.29, 1.82) is 0 Å². The minimum atomic E-state index is -0.664. The van der Waals surface area contributed by atoms with Gasteiger partial charge in [0.25, 0.3) is 0 Å². The molecule has 378 valence electrons. The monoisotopic (exact) mass is 914 g/mol. The van der Waals surface area contributed by atoms with Crippen molar-refractivity contribution in [3.8, 4) is 0 Å². The molecule has 2 unspecified atom stereocenters. The third kappa shape index (κ3) is 52.0. The third-order valence-electron chi connectivity index (χ3n) is 12.3. The molecule has 0 spiro atoms. The zero-order chi connectivity index (χ0) is 47.7. The van der Waals surface area contributed by atoms with Crippen LogP contribution in [0.25, 0.3) is 0 Å². The number of allylic oxidation sites excluding steroid dienone is 18. The molecule has 0 aromatic rings. The lowest BCUT2D eigenvalue weighted by Gasteiger charge is -2.22. The summed E-state index contributed by atoms with van der Waals surface area (Å²) in [7, 11) is 0. The Morgan fingerprint density at radius 3 is 1.00 bits per heavy atom. The van der Waals surface area contributed by atoms with E-state index >= 15 is 0 Å². The summed E-state index contributed by atoms with van der Waals surface area (Å²) in [6.07, 6.45) is 85.0. The van der Waals surface area contributed by atoms with Crippen LogP contribution in [0.4, 0.5) is 0 Å². The number of aliphatic hydroxyl groups excluding tert-OH is 2. The summed E-state index contributed by atoms with van der Waals surface area (Å²) in [5, 5.41) is 23.2. The number of hydrogen-bond acceptors (Lipinski definition) is 3.